The molecule has 0 amide bonds. The predicted molar refractivity (Wildman–Crippen MR) is 147 cm³/mol. The maximum atomic E-state index is 12.2. The first-order chi connectivity index (χ1) is 17.7. The van der Waals surface area contributed by atoms with E-state index in [0.717, 1.165) is 12.8 Å². The summed E-state index contributed by atoms with van der Waals surface area (Å²) in [6.45, 7) is 7.38. The van der Waals surface area contributed by atoms with Gasteiger partial charge in [0.1, 0.15) is 6.04 Å². The first-order valence-electron chi connectivity index (χ1n) is 14.9. The van der Waals surface area contributed by atoms with Crippen LogP contribution in [0.3, 0.4) is 0 Å². The van der Waals surface area contributed by atoms with Gasteiger partial charge in [0, 0.05) is 25.7 Å². The van der Waals surface area contributed by atoms with Crippen molar-refractivity contribution in [3.63, 3.8) is 0 Å². The summed E-state index contributed by atoms with van der Waals surface area (Å²) in [6, 6.07) is -3.46. The van der Waals surface area contributed by atoms with Crippen LogP contribution in [0.15, 0.2) is 12.2 Å². The fourth-order valence-corrected chi connectivity index (χ4v) is 5.90. The number of allylic oxidation sites excluding steroid dienone is 1. The highest BCUT2D eigenvalue weighted by atomic mass is 16.4. The van der Waals surface area contributed by atoms with Crippen molar-refractivity contribution in [1.29, 1.82) is 0 Å². The van der Waals surface area contributed by atoms with E-state index in [1.165, 1.54) is 70.6 Å². The molecule has 0 aliphatic rings. The average Bonchev–Trinajstić information content (AvgIpc) is 2.84. The Labute approximate surface area is 225 Å². The summed E-state index contributed by atoms with van der Waals surface area (Å²) >= 11 is 0. The van der Waals surface area contributed by atoms with E-state index in [4.69, 9.17) is 0 Å². The second-order valence-corrected chi connectivity index (χ2v) is 10.4. The molecule has 0 aliphatic heterocycles. The number of carboxylic acid groups (broad SMARTS) is 3. The highest BCUT2D eigenvalue weighted by Gasteiger charge is 2.53. The highest BCUT2D eigenvalue weighted by molar-refractivity contribution is 5.77. The quantitative estimate of drug-likeness (QED) is 0.0846. The SMILES string of the molecule is CCCCCCCCCCCCCC/C=C/CC[N+](C(CC)C(=O)[O-])(C(CC)C(=O)O)C(CC)C(=O)O. The summed E-state index contributed by atoms with van der Waals surface area (Å²) in [7, 11) is 0. The van der Waals surface area contributed by atoms with Crippen molar-refractivity contribution in [2.24, 2.45) is 0 Å². The van der Waals surface area contributed by atoms with Crippen LogP contribution in [0.5, 0.6) is 0 Å². The van der Waals surface area contributed by atoms with Crippen LogP contribution in [0, 0.1) is 0 Å². The number of rotatable bonds is 25. The molecule has 0 radical (unpaired) electrons. The lowest BCUT2D eigenvalue weighted by Crippen LogP contribution is -2.73. The largest absolute Gasteiger partial charge is 0.544 e. The zero-order valence-corrected chi connectivity index (χ0v) is 24.1. The molecule has 0 aromatic carbocycles. The number of aliphatic carboxylic acids is 3. The third-order valence-electron chi connectivity index (χ3n) is 7.82. The summed E-state index contributed by atoms with van der Waals surface area (Å²) in [5, 5.41) is 32.0. The van der Waals surface area contributed by atoms with Crippen LogP contribution in [0.1, 0.15) is 137 Å². The van der Waals surface area contributed by atoms with Crippen molar-refractivity contribution in [3.8, 4) is 0 Å². The minimum atomic E-state index is -1.39. The van der Waals surface area contributed by atoms with Gasteiger partial charge in [0.05, 0.1) is 12.5 Å². The maximum Gasteiger partial charge on any atom is 0.362 e. The topological polar surface area (TPSA) is 115 Å². The van der Waals surface area contributed by atoms with Gasteiger partial charge in [-0.1, -0.05) is 110 Å². The Morgan fingerprint density at radius 1 is 0.622 bits per heavy atom. The Hall–Kier alpha value is -1.89. The zero-order chi connectivity index (χ0) is 28.1. The Morgan fingerprint density at radius 3 is 1.35 bits per heavy atom. The van der Waals surface area contributed by atoms with Crippen LogP contribution in [0.25, 0.3) is 0 Å². The number of unbranched alkanes of at least 4 members (excludes halogenated alkanes) is 12. The molecule has 2 N–H and O–H groups in total. The molecule has 3 unspecified atom stereocenters. The minimum absolute atomic E-state index is 0.110. The van der Waals surface area contributed by atoms with Crippen molar-refractivity contribution in [2.75, 3.05) is 6.54 Å². The molecule has 7 heteroatoms. The van der Waals surface area contributed by atoms with E-state index < -0.39 is 40.5 Å². The molecule has 0 spiro atoms. The summed E-state index contributed by atoms with van der Waals surface area (Å²) in [5.74, 6) is -3.72. The van der Waals surface area contributed by atoms with Crippen molar-refractivity contribution >= 4 is 17.9 Å². The molecule has 0 saturated carbocycles. The molecule has 0 saturated heterocycles. The van der Waals surface area contributed by atoms with Gasteiger partial charge in [-0.05, 0) is 12.8 Å². The number of hydrogen-bond donors (Lipinski definition) is 2. The van der Waals surface area contributed by atoms with E-state index in [0.29, 0.717) is 6.42 Å². The molecule has 0 rings (SSSR count). The molecule has 7 nitrogen and oxygen atoms in total. The van der Waals surface area contributed by atoms with Crippen LogP contribution in [0.4, 0.5) is 0 Å². The summed E-state index contributed by atoms with van der Waals surface area (Å²) < 4.78 is -0.514. The Kier molecular flexibility index (Phi) is 20.0. The summed E-state index contributed by atoms with van der Waals surface area (Å²) in [4.78, 5) is 36.5. The van der Waals surface area contributed by atoms with Crippen LogP contribution in [-0.2, 0) is 14.4 Å². The lowest BCUT2D eigenvalue weighted by Gasteiger charge is -2.51. The zero-order valence-electron chi connectivity index (χ0n) is 24.1. The van der Waals surface area contributed by atoms with Gasteiger partial charge in [0.15, 0.2) is 12.1 Å². The van der Waals surface area contributed by atoms with Crippen LogP contribution in [-0.4, -0.2) is 57.3 Å². The van der Waals surface area contributed by atoms with E-state index in [9.17, 15) is 29.7 Å². The normalized spacial score (nSPS) is 15.8. The smallest absolute Gasteiger partial charge is 0.362 e. The first-order valence-corrected chi connectivity index (χ1v) is 14.9. The first kappa shape index (κ1) is 35.1. The molecule has 3 atom stereocenters. The fraction of sp³-hybridized carbons (Fsp3) is 0.833. The predicted octanol–water partition coefficient (Wildman–Crippen LogP) is 6.10. The number of carbonyl (C=O) groups is 3. The molecule has 37 heavy (non-hydrogen) atoms. The van der Waals surface area contributed by atoms with Crippen LogP contribution >= 0.6 is 0 Å². The number of quaternary nitrogens is 1. The molecule has 0 bridgehead atoms. The van der Waals surface area contributed by atoms with Crippen molar-refractivity contribution in [3.05, 3.63) is 12.2 Å². The molecule has 0 aromatic rings. The monoisotopic (exact) mass is 525 g/mol. The minimum Gasteiger partial charge on any atom is -0.544 e. The van der Waals surface area contributed by atoms with Gasteiger partial charge >= 0.3 is 11.9 Å². The van der Waals surface area contributed by atoms with E-state index in [2.05, 4.69) is 13.0 Å². The molecular weight excluding hydrogens is 470 g/mol. The Bertz CT molecular complexity index is 607. The lowest BCUT2D eigenvalue weighted by molar-refractivity contribution is -0.974. The van der Waals surface area contributed by atoms with Crippen molar-refractivity contribution in [2.45, 2.75) is 155 Å². The van der Waals surface area contributed by atoms with Gasteiger partial charge in [-0.3, -0.25) is 4.48 Å². The van der Waals surface area contributed by atoms with E-state index in [1.807, 2.05) is 6.08 Å². The Balaban J connectivity index is 4.85. The summed E-state index contributed by atoms with van der Waals surface area (Å²) in [5.41, 5.74) is 0. The van der Waals surface area contributed by atoms with Gasteiger partial charge in [0.25, 0.3) is 0 Å². The molecular formula is C30H55NO6. The van der Waals surface area contributed by atoms with Crippen LogP contribution in [0.2, 0.25) is 0 Å². The van der Waals surface area contributed by atoms with Gasteiger partial charge in [-0.15, -0.1) is 0 Å². The highest BCUT2D eigenvalue weighted by Crippen LogP contribution is 2.31. The number of hydrogen-bond acceptors (Lipinski definition) is 4. The number of carbonyl (C=O) groups excluding carboxylic acids is 1. The average molecular weight is 526 g/mol. The fourth-order valence-electron chi connectivity index (χ4n) is 5.90. The van der Waals surface area contributed by atoms with Crippen molar-refractivity contribution < 1.29 is 34.2 Å². The van der Waals surface area contributed by atoms with E-state index in [-0.39, 0.29) is 25.8 Å². The molecule has 0 fully saturated rings. The van der Waals surface area contributed by atoms with Gasteiger partial charge in [0.2, 0.25) is 0 Å². The summed E-state index contributed by atoms with van der Waals surface area (Å²) in [6.07, 6.45) is 21.3. The molecule has 0 aliphatic carbocycles. The second kappa shape index (κ2) is 21.1. The lowest BCUT2D eigenvalue weighted by atomic mass is 9.94. The van der Waals surface area contributed by atoms with Gasteiger partial charge in [-0.25, -0.2) is 9.59 Å². The third-order valence-corrected chi connectivity index (χ3v) is 7.82. The van der Waals surface area contributed by atoms with E-state index >= 15 is 0 Å². The maximum absolute atomic E-state index is 12.2. The van der Waals surface area contributed by atoms with Crippen LogP contribution < -0.4 is 5.11 Å². The van der Waals surface area contributed by atoms with Gasteiger partial charge in [-0.2, -0.15) is 0 Å². The van der Waals surface area contributed by atoms with Gasteiger partial charge < -0.3 is 20.1 Å². The Morgan fingerprint density at radius 2 is 1.00 bits per heavy atom. The number of nitrogens with zero attached hydrogens (tertiary/aromatic N) is 1. The molecule has 216 valence electrons. The molecule has 0 aromatic heterocycles. The second-order valence-electron chi connectivity index (χ2n) is 10.4. The standard InChI is InChI=1S/C30H55NO6/c1-5-9-10-11-12-13-14-15-16-17-18-19-20-21-22-23-24-31(25(6-2)28(32)33,26(7-3)29(34)35)27(8-4)30(36)37/h21-22,25-27H,5-20,23-24H2,1-4H3,(H2-,32,33,34,35,36,37)/b22-21+. The van der Waals surface area contributed by atoms with E-state index in [1.54, 1.807) is 20.8 Å². The number of carboxylic acids is 3. The molecule has 0 heterocycles. The third kappa shape index (κ3) is 12.5. The van der Waals surface area contributed by atoms with Crippen molar-refractivity contribution in [1.82, 2.24) is 0 Å².